The van der Waals surface area contributed by atoms with E-state index in [2.05, 4.69) is 15.6 Å². The number of amides is 1. The fourth-order valence-electron chi connectivity index (χ4n) is 3.43. The van der Waals surface area contributed by atoms with Crippen molar-refractivity contribution in [1.82, 2.24) is 14.5 Å². The molecule has 6 nitrogen and oxygen atoms in total. The van der Waals surface area contributed by atoms with E-state index in [1.54, 1.807) is 24.4 Å². The van der Waals surface area contributed by atoms with E-state index in [1.165, 1.54) is 0 Å². The predicted octanol–water partition coefficient (Wildman–Crippen LogP) is 4.05. The predicted molar refractivity (Wildman–Crippen MR) is 111 cm³/mol. The molecule has 6 heteroatoms. The first-order chi connectivity index (χ1) is 14.0. The number of carbonyl (C=O) groups is 1. The number of methoxy groups -OCH3 is 1. The minimum Gasteiger partial charge on any atom is -0.497 e. The van der Waals surface area contributed by atoms with Gasteiger partial charge < -0.3 is 14.2 Å². The number of rotatable bonds is 7. The molecule has 2 heterocycles. The minimum atomic E-state index is -0.0861. The van der Waals surface area contributed by atoms with E-state index in [4.69, 9.17) is 10.00 Å². The number of aromatic nitrogens is 2. The molecule has 0 radical (unpaired) electrons. The highest BCUT2D eigenvalue weighted by atomic mass is 16.5. The molecule has 0 aliphatic rings. The lowest BCUT2D eigenvalue weighted by Gasteiger charge is -2.22. The standard InChI is InChI=1S/C23H24N4O2/c1-17-14-22(18(2)27(17)20-7-9-21(29-3)10-8-20)23(28)26(13-5-11-24)16-19-6-4-12-25-15-19/h4,6-10,12,14-15H,5,13,16H2,1-3H3. The van der Waals surface area contributed by atoms with Crippen molar-refractivity contribution in [3.05, 3.63) is 77.4 Å². The highest BCUT2D eigenvalue weighted by Crippen LogP contribution is 2.24. The Kier molecular flexibility index (Phi) is 6.30. The molecule has 0 saturated heterocycles. The Bertz CT molecular complexity index is 1020. The zero-order valence-electron chi connectivity index (χ0n) is 16.9. The van der Waals surface area contributed by atoms with Gasteiger partial charge in [0.05, 0.1) is 25.2 Å². The summed E-state index contributed by atoms with van der Waals surface area (Å²) in [5.41, 5.74) is 4.38. The lowest BCUT2D eigenvalue weighted by molar-refractivity contribution is 0.0746. The monoisotopic (exact) mass is 388 g/mol. The maximum atomic E-state index is 13.3. The third kappa shape index (κ3) is 4.46. The van der Waals surface area contributed by atoms with Gasteiger partial charge in [-0.05, 0) is 55.8 Å². The smallest absolute Gasteiger partial charge is 0.256 e. The second kappa shape index (κ2) is 9.07. The van der Waals surface area contributed by atoms with Crippen molar-refractivity contribution in [1.29, 1.82) is 5.26 Å². The summed E-state index contributed by atoms with van der Waals surface area (Å²) < 4.78 is 7.29. The Labute approximate surface area is 171 Å². The number of ether oxygens (including phenoxy) is 1. The Morgan fingerprint density at radius 3 is 2.62 bits per heavy atom. The zero-order chi connectivity index (χ0) is 20.8. The van der Waals surface area contributed by atoms with Crippen LogP contribution in [0, 0.1) is 25.2 Å². The van der Waals surface area contributed by atoms with Crippen LogP contribution in [0.5, 0.6) is 5.75 Å². The van der Waals surface area contributed by atoms with Crippen molar-refractivity contribution in [2.75, 3.05) is 13.7 Å². The summed E-state index contributed by atoms with van der Waals surface area (Å²) in [4.78, 5) is 19.2. The van der Waals surface area contributed by atoms with E-state index >= 15 is 0 Å². The molecular formula is C23H24N4O2. The van der Waals surface area contributed by atoms with Crippen LogP contribution in [0.1, 0.15) is 33.7 Å². The van der Waals surface area contributed by atoms with Crippen molar-refractivity contribution in [3.8, 4) is 17.5 Å². The lowest BCUT2D eigenvalue weighted by Crippen LogP contribution is -2.31. The summed E-state index contributed by atoms with van der Waals surface area (Å²) in [5.74, 6) is 0.698. The average molecular weight is 388 g/mol. The van der Waals surface area contributed by atoms with Gasteiger partial charge in [0.2, 0.25) is 0 Å². The molecule has 0 fully saturated rings. The summed E-state index contributed by atoms with van der Waals surface area (Å²) in [5, 5.41) is 9.01. The zero-order valence-corrected chi connectivity index (χ0v) is 16.9. The van der Waals surface area contributed by atoms with Crippen LogP contribution in [0.15, 0.2) is 54.9 Å². The molecule has 0 N–H and O–H groups in total. The van der Waals surface area contributed by atoms with Crippen LogP contribution in [-0.4, -0.2) is 34.0 Å². The molecule has 0 spiro atoms. The maximum absolute atomic E-state index is 13.3. The third-order valence-corrected chi connectivity index (χ3v) is 4.87. The van der Waals surface area contributed by atoms with Crippen LogP contribution in [-0.2, 0) is 6.54 Å². The number of aryl methyl sites for hydroxylation is 1. The first-order valence-electron chi connectivity index (χ1n) is 9.43. The molecule has 2 aromatic heterocycles. The van der Waals surface area contributed by atoms with E-state index in [0.29, 0.717) is 18.7 Å². The first-order valence-corrected chi connectivity index (χ1v) is 9.43. The number of nitrogens with zero attached hydrogens (tertiary/aromatic N) is 4. The van der Waals surface area contributed by atoms with Gasteiger partial charge in [0.1, 0.15) is 5.75 Å². The second-order valence-corrected chi connectivity index (χ2v) is 6.81. The number of benzene rings is 1. The van der Waals surface area contributed by atoms with E-state index in [9.17, 15) is 4.79 Å². The van der Waals surface area contributed by atoms with E-state index < -0.39 is 0 Å². The molecule has 0 bridgehead atoms. The largest absolute Gasteiger partial charge is 0.497 e. The van der Waals surface area contributed by atoms with E-state index in [0.717, 1.165) is 28.4 Å². The number of hydrogen-bond donors (Lipinski definition) is 0. The Morgan fingerprint density at radius 2 is 2.00 bits per heavy atom. The topological polar surface area (TPSA) is 71.2 Å². The summed E-state index contributed by atoms with van der Waals surface area (Å²) >= 11 is 0. The van der Waals surface area contributed by atoms with Crippen LogP contribution < -0.4 is 4.74 Å². The van der Waals surface area contributed by atoms with E-state index in [-0.39, 0.29) is 12.3 Å². The highest BCUT2D eigenvalue weighted by Gasteiger charge is 2.22. The molecule has 148 valence electrons. The van der Waals surface area contributed by atoms with Gasteiger partial charge in [0.15, 0.2) is 0 Å². The van der Waals surface area contributed by atoms with Crippen LogP contribution in [0.2, 0.25) is 0 Å². The summed E-state index contributed by atoms with van der Waals surface area (Å²) in [6.45, 7) is 4.71. The first kappa shape index (κ1) is 20.2. The molecule has 0 aliphatic heterocycles. The van der Waals surface area contributed by atoms with Crippen molar-refractivity contribution in [2.24, 2.45) is 0 Å². The quantitative estimate of drug-likeness (QED) is 0.612. The molecule has 29 heavy (non-hydrogen) atoms. The summed E-state index contributed by atoms with van der Waals surface area (Å²) in [6, 6.07) is 15.6. The number of carbonyl (C=O) groups excluding carboxylic acids is 1. The van der Waals surface area contributed by atoms with Gasteiger partial charge >= 0.3 is 0 Å². The summed E-state index contributed by atoms with van der Waals surface area (Å²) in [7, 11) is 1.63. The average Bonchev–Trinajstić information content (AvgIpc) is 3.05. The van der Waals surface area contributed by atoms with Gasteiger partial charge in [-0.15, -0.1) is 0 Å². The number of nitriles is 1. The van der Waals surface area contributed by atoms with Crippen molar-refractivity contribution in [3.63, 3.8) is 0 Å². The Hall–Kier alpha value is -3.59. The molecule has 1 amide bonds. The second-order valence-electron chi connectivity index (χ2n) is 6.81. The molecule has 1 aromatic carbocycles. The molecule has 0 unspecified atom stereocenters. The van der Waals surface area contributed by atoms with Crippen LogP contribution in [0.4, 0.5) is 0 Å². The molecular weight excluding hydrogens is 364 g/mol. The minimum absolute atomic E-state index is 0.0861. The number of hydrogen-bond acceptors (Lipinski definition) is 4. The van der Waals surface area contributed by atoms with Gasteiger partial charge in [-0.1, -0.05) is 6.07 Å². The van der Waals surface area contributed by atoms with Crippen LogP contribution >= 0.6 is 0 Å². The lowest BCUT2D eigenvalue weighted by atomic mass is 10.2. The van der Waals surface area contributed by atoms with Gasteiger partial charge in [-0.3, -0.25) is 9.78 Å². The molecule has 3 aromatic rings. The van der Waals surface area contributed by atoms with Gasteiger partial charge in [0.25, 0.3) is 5.91 Å². The van der Waals surface area contributed by atoms with Crippen molar-refractivity contribution >= 4 is 5.91 Å². The Balaban J connectivity index is 1.92. The SMILES string of the molecule is COc1ccc(-n2c(C)cc(C(=O)N(CCC#N)Cc3cccnc3)c2C)cc1. The van der Waals surface area contributed by atoms with Crippen LogP contribution in [0.3, 0.4) is 0 Å². The number of pyridine rings is 1. The maximum Gasteiger partial charge on any atom is 0.256 e. The molecule has 0 aliphatic carbocycles. The third-order valence-electron chi connectivity index (χ3n) is 4.87. The van der Waals surface area contributed by atoms with Crippen molar-refractivity contribution < 1.29 is 9.53 Å². The Morgan fingerprint density at radius 1 is 1.24 bits per heavy atom. The van der Waals surface area contributed by atoms with Gasteiger partial charge in [-0.25, -0.2) is 0 Å². The van der Waals surface area contributed by atoms with Gasteiger partial charge in [-0.2, -0.15) is 5.26 Å². The van der Waals surface area contributed by atoms with Gasteiger partial charge in [0, 0.05) is 42.6 Å². The highest BCUT2D eigenvalue weighted by molar-refractivity contribution is 5.96. The molecule has 0 atom stereocenters. The fraction of sp³-hybridized carbons (Fsp3) is 0.261. The van der Waals surface area contributed by atoms with Crippen LogP contribution in [0.25, 0.3) is 5.69 Å². The molecule has 0 saturated carbocycles. The molecule has 3 rings (SSSR count). The normalized spacial score (nSPS) is 10.4. The summed E-state index contributed by atoms with van der Waals surface area (Å²) in [6.07, 6.45) is 3.73. The van der Waals surface area contributed by atoms with E-state index in [1.807, 2.05) is 56.3 Å². The fourth-order valence-corrected chi connectivity index (χ4v) is 3.43. The van der Waals surface area contributed by atoms with Crippen molar-refractivity contribution in [2.45, 2.75) is 26.8 Å².